The lowest BCUT2D eigenvalue weighted by molar-refractivity contribution is 0.409. The largest absolute Gasteiger partial charge is 0.494 e. The van der Waals surface area contributed by atoms with Crippen molar-refractivity contribution in [1.29, 1.82) is 0 Å². The quantitative estimate of drug-likeness (QED) is 0.477. The van der Waals surface area contributed by atoms with Crippen LogP contribution in [0.2, 0.25) is 0 Å². The third-order valence-electron chi connectivity index (χ3n) is 3.98. The molecule has 0 aliphatic heterocycles. The number of ether oxygens (including phenoxy) is 1. The van der Waals surface area contributed by atoms with Gasteiger partial charge in [0.1, 0.15) is 23.1 Å². The molecule has 0 fully saturated rings. The maximum atomic E-state index is 5.09. The first kappa shape index (κ1) is 16.8. The number of hydrogen-bond acceptors (Lipinski definition) is 8. The van der Waals surface area contributed by atoms with Crippen LogP contribution in [0.25, 0.3) is 11.0 Å². The first-order valence-electron chi connectivity index (χ1n) is 8.35. The van der Waals surface area contributed by atoms with E-state index in [0.717, 1.165) is 5.39 Å². The van der Waals surface area contributed by atoms with Crippen molar-refractivity contribution in [2.45, 2.75) is 13.0 Å². The maximum absolute atomic E-state index is 5.09. The van der Waals surface area contributed by atoms with E-state index in [0.29, 0.717) is 34.8 Å². The summed E-state index contributed by atoms with van der Waals surface area (Å²) in [5, 5.41) is 7.34. The summed E-state index contributed by atoms with van der Waals surface area (Å²) < 4.78 is 6.95. The molecule has 4 rings (SSSR count). The third-order valence-corrected chi connectivity index (χ3v) is 3.98. The zero-order chi connectivity index (χ0) is 18.8. The number of methoxy groups -OCH3 is 1. The second-order valence-corrected chi connectivity index (χ2v) is 6.03. The molecule has 0 aliphatic carbocycles. The predicted octanol–water partition coefficient (Wildman–Crippen LogP) is 2.41. The molecule has 4 heterocycles. The molecule has 4 aromatic rings. The number of hydrogen-bond donors (Lipinski definition) is 3. The van der Waals surface area contributed by atoms with Crippen LogP contribution in [-0.2, 0) is 7.05 Å². The summed E-state index contributed by atoms with van der Waals surface area (Å²) in [6, 6.07) is 1.73. The van der Waals surface area contributed by atoms with E-state index in [1.54, 1.807) is 25.8 Å². The number of nitrogens with zero attached hydrogens (tertiary/aromatic N) is 6. The number of aryl methyl sites for hydroxylation is 1. The summed E-state index contributed by atoms with van der Waals surface area (Å²) in [7, 11) is 3.49. The van der Waals surface area contributed by atoms with Gasteiger partial charge in [-0.25, -0.2) is 15.0 Å². The minimum absolute atomic E-state index is 0.189. The molecular weight excluding hydrogens is 346 g/mol. The van der Waals surface area contributed by atoms with Crippen molar-refractivity contribution in [3.8, 4) is 5.75 Å². The van der Waals surface area contributed by atoms with Gasteiger partial charge in [0.25, 0.3) is 0 Å². The number of aromatic amines is 1. The number of imidazole rings is 1. The van der Waals surface area contributed by atoms with E-state index in [2.05, 4.69) is 40.5 Å². The van der Waals surface area contributed by atoms with Crippen molar-refractivity contribution in [2.75, 3.05) is 17.7 Å². The van der Waals surface area contributed by atoms with Crippen molar-refractivity contribution < 1.29 is 4.74 Å². The first-order chi connectivity index (χ1) is 13.1. The SMILES string of the molecule is COc1cnc(C(C)Nc2nc(Nc3cn(C)cn3)c3cc[nH]c3n2)nc1. The van der Waals surface area contributed by atoms with Crippen molar-refractivity contribution in [3.63, 3.8) is 0 Å². The fraction of sp³-hybridized carbons (Fsp3) is 0.235. The predicted molar refractivity (Wildman–Crippen MR) is 101 cm³/mol. The molecular formula is C17H19N9O. The first-order valence-corrected chi connectivity index (χ1v) is 8.35. The standard InChI is InChI=1S/C17H19N9O/c1-10(14-19-6-11(27-3)7-20-14)22-17-24-15-12(4-5-18-15)16(25-17)23-13-8-26(2)9-21-13/h4-10H,1-3H3,(H3,18,22,23,24,25). The summed E-state index contributed by atoms with van der Waals surface area (Å²) in [5.74, 6) is 3.04. The van der Waals surface area contributed by atoms with E-state index in [1.165, 1.54) is 0 Å². The van der Waals surface area contributed by atoms with E-state index in [9.17, 15) is 0 Å². The topological polar surface area (TPSA) is 118 Å². The highest BCUT2D eigenvalue weighted by molar-refractivity contribution is 5.89. The minimum atomic E-state index is -0.189. The highest BCUT2D eigenvalue weighted by atomic mass is 16.5. The molecule has 10 heteroatoms. The van der Waals surface area contributed by atoms with Gasteiger partial charge in [0.15, 0.2) is 5.75 Å². The van der Waals surface area contributed by atoms with E-state index in [1.807, 2.05) is 37.0 Å². The van der Waals surface area contributed by atoms with Crippen LogP contribution in [-0.4, -0.2) is 41.6 Å². The molecule has 3 N–H and O–H groups in total. The Labute approximate surface area is 155 Å². The lowest BCUT2D eigenvalue weighted by atomic mass is 10.3. The number of fused-ring (bicyclic) bond motifs is 1. The van der Waals surface area contributed by atoms with Gasteiger partial charge >= 0.3 is 0 Å². The molecule has 27 heavy (non-hydrogen) atoms. The second kappa shape index (κ2) is 6.90. The number of rotatable bonds is 6. The fourth-order valence-corrected chi connectivity index (χ4v) is 2.61. The number of nitrogens with one attached hydrogen (secondary N) is 3. The molecule has 0 amide bonds. The van der Waals surface area contributed by atoms with Crippen LogP contribution in [0.4, 0.5) is 17.6 Å². The Hall–Kier alpha value is -3.69. The second-order valence-electron chi connectivity index (χ2n) is 6.03. The summed E-state index contributed by atoms with van der Waals surface area (Å²) in [6.07, 6.45) is 8.68. The molecule has 0 saturated heterocycles. The van der Waals surface area contributed by atoms with E-state index in [-0.39, 0.29) is 6.04 Å². The lowest BCUT2D eigenvalue weighted by Gasteiger charge is -2.14. The Morgan fingerprint density at radius 3 is 2.70 bits per heavy atom. The van der Waals surface area contributed by atoms with E-state index in [4.69, 9.17) is 4.74 Å². The van der Waals surface area contributed by atoms with Gasteiger partial charge in [-0.2, -0.15) is 9.97 Å². The van der Waals surface area contributed by atoms with Crippen molar-refractivity contribution >= 4 is 28.6 Å². The van der Waals surface area contributed by atoms with Crippen molar-refractivity contribution in [3.05, 3.63) is 43.0 Å². The molecule has 1 atom stereocenters. The Kier molecular flexibility index (Phi) is 4.29. The molecule has 0 spiro atoms. The lowest BCUT2D eigenvalue weighted by Crippen LogP contribution is -2.13. The van der Waals surface area contributed by atoms with Crippen LogP contribution < -0.4 is 15.4 Å². The van der Waals surface area contributed by atoms with Gasteiger partial charge in [-0.1, -0.05) is 0 Å². The van der Waals surface area contributed by atoms with Crippen LogP contribution in [0.15, 0.2) is 37.2 Å². The van der Waals surface area contributed by atoms with Gasteiger partial charge in [0, 0.05) is 19.4 Å². The zero-order valence-corrected chi connectivity index (χ0v) is 15.1. The van der Waals surface area contributed by atoms with Crippen molar-refractivity contribution in [1.82, 2.24) is 34.5 Å². The molecule has 0 aromatic carbocycles. The molecule has 4 aromatic heterocycles. The van der Waals surface area contributed by atoms with Gasteiger partial charge < -0.3 is 24.9 Å². The molecule has 0 radical (unpaired) electrons. The van der Waals surface area contributed by atoms with E-state index >= 15 is 0 Å². The Morgan fingerprint density at radius 1 is 1.19 bits per heavy atom. The molecule has 0 saturated carbocycles. The van der Waals surface area contributed by atoms with Gasteiger partial charge in [-0.15, -0.1) is 0 Å². The normalized spacial score (nSPS) is 12.1. The maximum Gasteiger partial charge on any atom is 0.227 e. The van der Waals surface area contributed by atoms with Gasteiger partial charge in [0.2, 0.25) is 5.95 Å². The molecule has 1 unspecified atom stereocenters. The summed E-state index contributed by atoms with van der Waals surface area (Å²) in [4.78, 5) is 25.1. The highest BCUT2D eigenvalue weighted by Gasteiger charge is 2.14. The van der Waals surface area contributed by atoms with Gasteiger partial charge in [0.05, 0.1) is 37.3 Å². The average molecular weight is 365 g/mol. The fourth-order valence-electron chi connectivity index (χ4n) is 2.61. The van der Waals surface area contributed by atoms with Crippen LogP contribution in [0.1, 0.15) is 18.8 Å². The number of aromatic nitrogens is 7. The van der Waals surface area contributed by atoms with Crippen LogP contribution in [0, 0.1) is 0 Å². The molecule has 10 nitrogen and oxygen atoms in total. The number of H-pyrrole nitrogens is 1. The third kappa shape index (κ3) is 3.50. The molecule has 138 valence electrons. The van der Waals surface area contributed by atoms with Gasteiger partial charge in [-0.05, 0) is 13.0 Å². The summed E-state index contributed by atoms with van der Waals surface area (Å²) >= 11 is 0. The zero-order valence-electron chi connectivity index (χ0n) is 15.1. The molecule has 0 bridgehead atoms. The van der Waals surface area contributed by atoms with Crippen LogP contribution in [0.3, 0.4) is 0 Å². The Bertz CT molecular complexity index is 1050. The summed E-state index contributed by atoms with van der Waals surface area (Å²) in [5.41, 5.74) is 0.716. The molecule has 0 aliphatic rings. The highest BCUT2D eigenvalue weighted by Crippen LogP contribution is 2.25. The smallest absolute Gasteiger partial charge is 0.227 e. The number of anilines is 3. The monoisotopic (exact) mass is 365 g/mol. The summed E-state index contributed by atoms with van der Waals surface area (Å²) in [6.45, 7) is 1.94. The van der Waals surface area contributed by atoms with E-state index < -0.39 is 0 Å². The average Bonchev–Trinajstić information content (AvgIpc) is 3.30. The Balaban J connectivity index is 1.61. The van der Waals surface area contributed by atoms with Crippen LogP contribution in [0.5, 0.6) is 5.75 Å². The van der Waals surface area contributed by atoms with Gasteiger partial charge in [-0.3, -0.25) is 0 Å². The minimum Gasteiger partial charge on any atom is -0.494 e. The van der Waals surface area contributed by atoms with Crippen molar-refractivity contribution in [2.24, 2.45) is 7.05 Å². The van der Waals surface area contributed by atoms with Crippen LogP contribution >= 0.6 is 0 Å². The Morgan fingerprint density at radius 2 is 2.00 bits per heavy atom.